The van der Waals surface area contributed by atoms with Crippen LogP contribution in [-0.2, 0) is 12.8 Å². The van der Waals surface area contributed by atoms with E-state index in [1.165, 1.54) is 48.8 Å². The van der Waals surface area contributed by atoms with Gasteiger partial charge in [0.05, 0.1) is 5.01 Å². The molecule has 2 rings (SSSR count). The van der Waals surface area contributed by atoms with E-state index in [2.05, 4.69) is 23.0 Å². The van der Waals surface area contributed by atoms with E-state index in [1.54, 1.807) is 0 Å². The zero-order valence-electron chi connectivity index (χ0n) is 11.4. The third-order valence-corrected chi connectivity index (χ3v) is 4.93. The minimum absolute atomic E-state index is 0.780. The zero-order chi connectivity index (χ0) is 12.8. The van der Waals surface area contributed by atoms with E-state index in [1.807, 2.05) is 11.3 Å². The molecule has 2 N–H and O–H groups in total. The van der Waals surface area contributed by atoms with E-state index in [4.69, 9.17) is 5.73 Å². The maximum absolute atomic E-state index is 5.54. The summed E-state index contributed by atoms with van der Waals surface area (Å²) in [6.45, 7) is 6.78. The number of thiazole rings is 1. The monoisotopic (exact) mass is 267 g/mol. The molecule has 0 atom stereocenters. The molecule has 0 saturated carbocycles. The van der Waals surface area contributed by atoms with Gasteiger partial charge in [0.15, 0.2) is 0 Å². The van der Waals surface area contributed by atoms with E-state index >= 15 is 0 Å². The first-order chi connectivity index (χ1) is 8.81. The van der Waals surface area contributed by atoms with Gasteiger partial charge in [0.1, 0.15) is 0 Å². The number of likely N-dealkylation sites (tertiary alicyclic amines) is 1. The lowest BCUT2D eigenvalue weighted by Crippen LogP contribution is -2.33. The zero-order valence-corrected chi connectivity index (χ0v) is 12.2. The van der Waals surface area contributed by atoms with Crippen molar-refractivity contribution in [1.29, 1.82) is 0 Å². The standard InChI is InChI=1S/C14H25N3S/c1-2-17-8-5-12(6-9-17)10-14-16-11-13(18-14)4-3-7-15/h11-12H,2-10,15H2,1H3. The summed E-state index contributed by atoms with van der Waals surface area (Å²) in [4.78, 5) is 8.52. The van der Waals surface area contributed by atoms with Crippen LogP contribution in [0.5, 0.6) is 0 Å². The summed E-state index contributed by atoms with van der Waals surface area (Å²) in [5.74, 6) is 0.848. The van der Waals surface area contributed by atoms with Gasteiger partial charge in [0.2, 0.25) is 0 Å². The molecule has 1 fully saturated rings. The lowest BCUT2D eigenvalue weighted by atomic mass is 9.94. The van der Waals surface area contributed by atoms with E-state index in [0.717, 1.165) is 25.3 Å². The summed E-state index contributed by atoms with van der Waals surface area (Å²) in [5.41, 5.74) is 5.54. The molecule has 1 aromatic heterocycles. The van der Waals surface area contributed by atoms with Crippen molar-refractivity contribution in [2.75, 3.05) is 26.2 Å². The SMILES string of the molecule is CCN1CCC(Cc2ncc(CCCN)s2)CC1. The fourth-order valence-electron chi connectivity index (χ4n) is 2.59. The Hall–Kier alpha value is -0.450. The second-order valence-corrected chi connectivity index (χ2v) is 6.39. The molecule has 18 heavy (non-hydrogen) atoms. The first-order valence-electron chi connectivity index (χ1n) is 7.17. The van der Waals surface area contributed by atoms with Gasteiger partial charge in [-0.2, -0.15) is 0 Å². The van der Waals surface area contributed by atoms with Gasteiger partial charge < -0.3 is 10.6 Å². The second-order valence-electron chi connectivity index (χ2n) is 5.19. The number of nitrogens with zero attached hydrogens (tertiary/aromatic N) is 2. The Morgan fingerprint density at radius 3 is 2.89 bits per heavy atom. The number of aromatic nitrogens is 1. The number of hydrogen-bond donors (Lipinski definition) is 1. The fourth-order valence-corrected chi connectivity index (χ4v) is 3.67. The van der Waals surface area contributed by atoms with Gasteiger partial charge >= 0.3 is 0 Å². The van der Waals surface area contributed by atoms with Gasteiger partial charge in [0, 0.05) is 17.5 Å². The van der Waals surface area contributed by atoms with Crippen molar-refractivity contribution in [3.05, 3.63) is 16.1 Å². The minimum Gasteiger partial charge on any atom is -0.330 e. The highest BCUT2D eigenvalue weighted by atomic mass is 32.1. The van der Waals surface area contributed by atoms with Gasteiger partial charge in [0.25, 0.3) is 0 Å². The van der Waals surface area contributed by atoms with Gasteiger partial charge in [-0.25, -0.2) is 4.98 Å². The molecule has 0 aliphatic carbocycles. The molecule has 0 unspecified atom stereocenters. The van der Waals surface area contributed by atoms with Crippen LogP contribution >= 0.6 is 11.3 Å². The molecule has 102 valence electrons. The van der Waals surface area contributed by atoms with Crippen molar-refractivity contribution in [3.63, 3.8) is 0 Å². The van der Waals surface area contributed by atoms with E-state index in [-0.39, 0.29) is 0 Å². The summed E-state index contributed by atoms with van der Waals surface area (Å²) in [7, 11) is 0. The Bertz CT molecular complexity index is 343. The van der Waals surface area contributed by atoms with Gasteiger partial charge in [-0.3, -0.25) is 0 Å². The first-order valence-corrected chi connectivity index (χ1v) is 7.99. The number of aryl methyl sites for hydroxylation is 1. The predicted molar refractivity (Wildman–Crippen MR) is 78.0 cm³/mol. The van der Waals surface area contributed by atoms with Crippen LogP contribution in [0.3, 0.4) is 0 Å². The molecule has 0 spiro atoms. The van der Waals surface area contributed by atoms with Crippen LogP contribution in [0.25, 0.3) is 0 Å². The smallest absolute Gasteiger partial charge is 0.0930 e. The molecule has 1 saturated heterocycles. The summed E-state index contributed by atoms with van der Waals surface area (Å²) in [6.07, 6.45) is 8.09. The van der Waals surface area contributed by atoms with Crippen molar-refractivity contribution in [1.82, 2.24) is 9.88 Å². The van der Waals surface area contributed by atoms with E-state index in [9.17, 15) is 0 Å². The normalized spacial score (nSPS) is 18.3. The molecule has 1 aromatic rings. The number of hydrogen-bond acceptors (Lipinski definition) is 4. The maximum atomic E-state index is 5.54. The third kappa shape index (κ3) is 4.04. The Morgan fingerprint density at radius 1 is 1.44 bits per heavy atom. The van der Waals surface area contributed by atoms with Crippen LogP contribution in [0.4, 0.5) is 0 Å². The quantitative estimate of drug-likeness (QED) is 0.860. The molecular formula is C14H25N3S. The van der Waals surface area contributed by atoms with Crippen molar-refractivity contribution < 1.29 is 0 Å². The van der Waals surface area contributed by atoms with Crippen molar-refractivity contribution in [2.45, 2.75) is 39.0 Å². The lowest BCUT2D eigenvalue weighted by Gasteiger charge is -2.30. The molecule has 2 heterocycles. The van der Waals surface area contributed by atoms with Crippen LogP contribution in [-0.4, -0.2) is 36.1 Å². The average molecular weight is 267 g/mol. The minimum atomic E-state index is 0.780. The average Bonchev–Trinajstić information content (AvgIpc) is 2.85. The molecule has 0 radical (unpaired) electrons. The van der Waals surface area contributed by atoms with Gasteiger partial charge in [-0.15, -0.1) is 11.3 Å². The van der Waals surface area contributed by atoms with Crippen molar-refractivity contribution in [2.24, 2.45) is 11.7 Å². The highest BCUT2D eigenvalue weighted by Gasteiger charge is 2.19. The van der Waals surface area contributed by atoms with Crippen LogP contribution in [0.2, 0.25) is 0 Å². The van der Waals surface area contributed by atoms with Crippen LogP contribution in [0, 0.1) is 5.92 Å². The molecular weight excluding hydrogens is 242 g/mol. The fraction of sp³-hybridized carbons (Fsp3) is 0.786. The summed E-state index contributed by atoms with van der Waals surface area (Å²) < 4.78 is 0. The maximum Gasteiger partial charge on any atom is 0.0930 e. The molecule has 0 amide bonds. The topological polar surface area (TPSA) is 42.2 Å². The summed E-state index contributed by atoms with van der Waals surface area (Å²) in [5, 5.41) is 1.33. The summed E-state index contributed by atoms with van der Waals surface area (Å²) in [6, 6.07) is 0. The Kier molecular flexibility index (Phi) is 5.60. The molecule has 4 heteroatoms. The number of piperidine rings is 1. The van der Waals surface area contributed by atoms with Crippen LogP contribution < -0.4 is 5.73 Å². The third-order valence-electron chi connectivity index (χ3n) is 3.85. The Morgan fingerprint density at radius 2 is 2.22 bits per heavy atom. The van der Waals surface area contributed by atoms with Gasteiger partial charge in [-0.05, 0) is 57.8 Å². The van der Waals surface area contributed by atoms with Gasteiger partial charge in [-0.1, -0.05) is 6.92 Å². The highest BCUT2D eigenvalue weighted by Crippen LogP contribution is 2.24. The van der Waals surface area contributed by atoms with Crippen LogP contribution in [0.1, 0.15) is 36.1 Å². The Balaban J connectivity index is 1.77. The number of nitrogens with two attached hydrogens (primary N) is 1. The van der Waals surface area contributed by atoms with E-state index in [0.29, 0.717) is 0 Å². The second kappa shape index (κ2) is 7.22. The highest BCUT2D eigenvalue weighted by molar-refractivity contribution is 7.11. The molecule has 3 nitrogen and oxygen atoms in total. The van der Waals surface area contributed by atoms with Crippen molar-refractivity contribution in [3.8, 4) is 0 Å². The molecule has 1 aliphatic rings. The molecule has 0 aromatic carbocycles. The molecule has 1 aliphatic heterocycles. The largest absolute Gasteiger partial charge is 0.330 e. The Labute approximate surface area is 114 Å². The van der Waals surface area contributed by atoms with Crippen LogP contribution in [0.15, 0.2) is 6.20 Å². The summed E-state index contributed by atoms with van der Waals surface area (Å²) >= 11 is 1.89. The van der Waals surface area contributed by atoms with E-state index < -0.39 is 0 Å². The predicted octanol–water partition coefficient (Wildman–Crippen LogP) is 2.31. The molecule has 0 bridgehead atoms. The number of rotatable bonds is 6. The lowest BCUT2D eigenvalue weighted by molar-refractivity contribution is 0.192. The first kappa shape index (κ1) is 14.0. The van der Waals surface area contributed by atoms with Crippen molar-refractivity contribution >= 4 is 11.3 Å².